The lowest BCUT2D eigenvalue weighted by molar-refractivity contribution is 0.405. The minimum atomic E-state index is 0.835. The van der Waals surface area contributed by atoms with Gasteiger partial charge in [-0.3, -0.25) is 0 Å². The van der Waals surface area contributed by atoms with E-state index < -0.39 is 0 Å². The van der Waals surface area contributed by atoms with Crippen LogP contribution in [0.25, 0.3) is 0 Å². The SMILES string of the molecule is C=CCCC(CC)CCNC1CCCC1. The molecule has 1 heteroatoms. The lowest BCUT2D eigenvalue weighted by Gasteiger charge is -2.16. The molecule has 0 aromatic rings. The van der Waals surface area contributed by atoms with Crippen LogP contribution in [0.5, 0.6) is 0 Å². The largest absolute Gasteiger partial charge is 0.314 e. The van der Waals surface area contributed by atoms with E-state index in [2.05, 4.69) is 18.8 Å². The van der Waals surface area contributed by atoms with Crippen LogP contribution in [0.4, 0.5) is 0 Å². The number of hydrogen-bond acceptors (Lipinski definition) is 1. The molecule has 1 atom stereocenters. The molecular weight excluding hydrogens is 182 g/mol. The molecule has 1 aliphatic rings. The summed E-state index contributed by atoms with van der Waals surface area (Å²) in [5.74, 6) is 0.900. The highest BCUT2D eigenvalue weighted by molar-refractivity contribution is 4.75. The maximum atomic E-state index is 3.79. The lowest BCUT2D eigenvalue weighted by atomic mass is 9.96. The topological polar surface area (TPSA) is 12.0 Å². The average molecular weight is 209 g/mol. The van der Waals surface area contributed by atoms with Crippen LogP contribution in [-0.2, 0) is 0 Å². The molecule has 1 aliphatic carbocycles. The predicted octanol–water partition coefficient (Wildman–Crippen LogP) is 3.90. The summed E-state index contributed by atoms with van der Waals surface area (Å²) in [5, 5.41) is 3.70. The van der Waals surface area contributed by atoms with Gasteiger partial charge in [-0.1, -0.05) is 32.3 Å². The van der Waals surface area contributed by atoms with Gasteiger partial charge in [0.05, 0.1) is 0 Å². The zero-order valence-corrected chi connectivity index (χ0v) is 10.3. The molecule has 1 rings (SSSR count). The molecular formula is C14H27N. The van der Waals surface area contributed by atoms with E-state index in [1.807, 2.05) is 6.08 Å². The Balaban J connectivity index is 2.02. The molecule has 1 unspecified atom stereocenters. The first-order valence-electron chi connectivity index (χ1n) is 6.71. The summed E-state index contributed by atoms with van der Waals surface area (Å²) in [5.41, 5.74) is 0. The van der Waals surface area contributed by atoms with Gasteiger partial charge in [-0.25, -0.2) is 0 Å². The Morgan fingerprint density at radius 2 is 2.07 bits per heavy atom. The minimum absolute atomic E-state index is 0.835. The van der Waals surface area contributed by atoms with Crippen LogP contribution in [0, 0.1) is 5.92 Å². The Bertz CT molecular complexity index is 159. The Morgan fingerprint density at radius 3 is 2.67 bits per heavy atom. The van der Waals surface area contributed by atoms with Gasteiger partial charge >= 0.3 is 0 Å². The van der Waals surface area contributed by atoms with Crippen LogP contribution in [0.15, 0.2) is 12.7 Å². The minimum Gasteiger partial charge on any atom is -0.314 e. The molecule has 88 valence electrons. The molecule has 1 nitrogen and oxygen atoms in total. The third-order valence-corrected chi connectivity index (χ3v) is 3.70. The second kappa shape index (κ2) is 7.92. The molecule has 1 fully saturated rings. The average Bonchev–Trinajstić information content (AvgIpc) is 2.76. The number of hydrogen-bond donors (Lipinski definition) is 1. The fourth-order valence-corrected chi connectivity index (χ4v) is 2.53. The van der Waals surface area contributed by atoms with Crippen molar-refractivity contribution in [1.82, 2.24) is 5.32 Å². The van der Waals surface area contributed by atoms with Crippen LogP contribution in [-0.4, -0.2) is 12.6 Å². The maximum Gasteiger partial charge on any atom is 0.00670 e. The zero-order chi connectivity index (χ0) is 10.9. The van der Waals surface area contributed by atoms with Crippen molar-refractivity contribution in [2.24, 2.45) is 5.92 Å². The van der Waals surface area contributed by atoms with Gasteiger partial charge in [-0.2, -0.15) is 0 Å². The van der Waals surface area contributed by atoms with Crippen LogP contribution in [0.3, 0.4) is 0 Å². The number of rotatable bonds is 8. The van der Waals surface area contributed by atoms with Crippen molar-refractivity contribution in [3.63, 3.8) is 0 Å². The zero-order valence-electron chi connectivity index (χ0n) is 10.3. The second-order valence-corrected chi connectivity index (χ2v) is 4.86. The van der Waals surface area contributed by atoms with E-state index in [0.29, 0.717) is 0 Å². The van der Waals surface area contributed by atoms with Gasteiger partial charge in [-0.15, -0.1) is 6.58 Å². The van der Waals surface area contributed by atoms with Gasteiger partial charge in [-0.05, 0) is 44.6 Å². The standard InChI is InChI=1S/C14H27N/c1-3-5-8-13(4-2)11-12-15-14-9-6-7-10-14/h3,13-15H,1,4-12H2,2H3. The van der Waals surface area contributed by atoms with Crippen molar-refractivity contribution < 1.29 is 0 Å². The fraction of sp³-hybridized carbons (Fsp3) is 0.857. The highest BCUT2D eigenvalue weighted by Crippen LogP contribution is 2.19. The number of allylic oxidation sites excluding steroid dienone is 1. The molecule has 0 amide bonds. The Morgan fingerprint density at radius 1 is 1.33 bits per heavy atom. The van der Waals surface area contributed by atoms with Crippen molar-refractivity contribution in [3.8, 4) is 0 Å². The molecule has 0 aromatic carbocycles. The van der Waals surface area contributed by atoms with Crippen molar-refractivity contribution in [3.05, 3.63) is 12.7 Å². The first-order valence-corrected chi connectivity index (χ1v) is 6.71. The molecule has 1 N–H and O–H groups in total. The lowest BCUT2D eigenvalue weighted by Crippen LogP contribution is -2.28. The summed E-state index contributed by atoms with van der Waals surface area (Å²) in [6.45, 7) is 7.33. The highest BCUT2D eigenvalue weighted by atomic mass is 14.9. The highest BCUT2D eigenvalue weighted by Gasteiger charge is 2.14. The molecule has 15 heavy (non-hydrogen) atoms. The summed E-state index contributed by atoms with van der Waals surface area (Å²) in [6.07, 6.45) is 12.9. The number of nitrogens with one attached hydrogen (secondary N) is 1. The predicted molar refractivity (Wildman–Crippen MR) is 68.1 cm³/mol. The fourth-order valence-electron chi connectivity index (χ4n) is 2.53. The molecule has 0 saturated heterocycles. The Kier molecular flexibility index (Phi) is 6.74. The summed E-state index contributed by atoms with van der Waals surface area (Å²) >= 11 is 0. The van der Waals surface area contributed by atoms with Gasteiger partial charge in [0.1, 0.15) is 0 Å². The van der Waals surface area contributed by atoms with E-state index in [4.69, 9.17) is 0 Å². The van der Waals surface area contributed by atoms with Gasteiger partial charge in [0.2, 0.25) is 0 Å². The van der Waals surface area contributed by atoms with Crippen LogP contribution >= 0.6 is 0 Å². The van der Waals surface area contributed by atoms with E-state index in [9.17, 15) is 0 Å². The van der Waals surface area contributed by atoms with Crippen molar-refractivity contribution >= 4 is 0 Å². The summed E-state index contributed by atoms with van der Waals surface area (Å²) in [7, 11) is 0. The van der Waals surface area contributed by atoms with Crippen LogP contribution < -0.4 is 5.32 Å². The molecule has 0 radical (unpaired) electrons. The van der Waals surface area contributed by atoms with E-state index >= 15 is 0 Å². The van der Waals surface area contributed by atoms with Gasteiger partial charge in [0.25, 0.3) is 0 Å². The first kappa shape index (κ1) is 12.8. The third kappa shape index (κ3) is 5.36. The van der Waals surface area contributed by atoms with E-state index in [-0.39, 0.29) is 0 Å². The normalized spacial score (nSPS) is 19.3. The molecule has 0 aromatic heterocycles. The summed E-state index contributed by atoms with van der Waals surface area (Å²) < 4.78 is 0. The molecule has 1 saturated carbocycles. The van der Waals surface area contributed by atoms with Crippen LogP contribution in [0.1, 0.15) is 58.3 Å². The van der Waals surface area contributed by atoms with Gasteiger partial charge < -0.3 is 5.32 Å². The first-order chi connectivity index (χ1) is 7.36. The smallest absolute Gasteiger partial charge is 0.00670 e. The van der Waals surface area contributed by atoms with Crippen LogP contribution in [0.2, 0.25) is 0 Å². The summed E-state index contributed by atoms with van der Waals surface area (Å²) in [6, 6.07) is 0.835. The van der Waals surface area contributed by atoms with E-state index in [1.54, 1.807) is 0 Å². The third-order valence-electron chi connectivity index (χ3n) is 3.70. The van der Waals surface area contributed by atoms with Crippen molar-refractivity contribution in [2.45, 2.75) is 64.3 Å². The Hall–Kier alpha value is -0.300. The van der Waals surface area contributed by atoms with E-state index in [1.165, 1.54) is 57.9 Å². The van der Waals surface area contributed by atoms with Gasteiger partial charge in [0.15, 0.2) is 0 Å². The van der Waals surface area contributed by atoms with Gasteiger partial charge in [0, 0.05) is 6.04 Å². The summed E-state index contributed by atoms with van der Waals surface area (Å²) in [4.78, 5) is 0. The monoisotopic (exact) mass is 209 g/mol. The van der Waals surface area contributed by atoms with Crippen molar-refractivity contribution in [2.75, 3.05) is 6.54 Å². The molecule has 0 aliphatic heterocycles. The van der Waals surface area contributed by atoms with Crippen molar-refractivity contribution in [1.29, 1.82) is 0 Å². The maximum absolute atomic E-state index is 3.79. The van der Waals surface area contributed by atoms with E-state index in [0.717, 1.165) is 12.0 Å². The molecule has 0 bridgehead atoms. The Labute approximate surface area is 95.3 Å². The quantitative estimate of drug-likeness (QED) is 0.598. The second-order valence-electron chi connectivity index (χ2n) is 4.86. The molecule has 0 spiro atoms. The molecule has 0 heterocycles.